The molecule has 3 rings (SSSR count). The monoisotopic (exact) mass is 598 g/mol. The van der Waals surface area contributed by atoms with E-state index < -0.39 is 35.9 Å². The zero-order chi connectivity index (χ0) is 24.4. The minimum atomic E-state index is -4.98. The minimum absolute atomic E-state index is 0.0352. The summed E-state index contributed by atoms with van der Waals surface area (Å²) in [5, 5.41) is 2.75. The highest BCUT2D eigenvalue weighted by Crippen LogP contribution is 2.36. The lowest BCUT2D eigenvalue weighted by atomic mass is 10.00. The van der Waals surface area contributed by atoms with Crippen molar-refractivity contribution in [3.8, 4) is 11.1 Å². The molecule has 0 unspecified atom stereocenters. The second-order valence-electron chi connectivity index (χ2n) is 6.93. The molecule has 0 radical (unpaired) electrons. The zero-order valence-electron chi connectivity index (χ0n) is 16.5. The third-order valence-corrected chi connectivity index (χ3v) is 5.72. The summed E-state index contributed by atoms with van der Waals surface area (Å²) < 4.78 is 79.0. The van der Waals surface area contributed by atoms with Crippen LogP contribution in [-0.4, -0.2) is 10.9 Å². The molecule has 0 atom stereocenters. The van der Waals surface area contributed by atoms with Crippen LogP contribution in [0.4, 0.5) is 26.3 Å². The van der Waals surface area contributed by atoms with Crippen molar-refractivity contribution in [2.45, 2.75) is 23.3 Å². The fourth-order valence-electron chi connectivity index (χ4n) is 3.05. The van der Waals surface area contributed by atoms with E-state index >= 15 is 0 Å². The first kappa shape index (κ1) is 25.3. The summed E-state index contributed by atoms with van der Waals surface area (Å²) >= 11 is 8.35. The number of rotatable bonds is 5. The van der Waals surface area contributed by atoms with Crippen LogP contribution in [0.5, 0.6) is 0 Å². The Morgan fingerprint density at radius 1 is 0.939 bits per heavy atom. The predicted octanol–water partition coefficient (Wildman–Crippen LogP) is 7.30. The summed E-state index contributed by atoms with van der Waals surface area (Å²) in [6.07, 6.45) is -8.65. The van der Waals surface area contributed by atoms with Crippen LogP contribution in [0.15, 0.2) is 54.7 Å². The normalized spacial score (nSPS) is 12.0. The third kappa shape index (κ3) is 6.17. The zero-order valence-corrected chi connectivity index (χ0v) is 19.4. The number of amides is 1. The Hall–Kier alpha value is -2.34. The highest BCUT2D eigenvalue weighted by atomic mass is 127. The molecule has 33 heavy (non-hydrogen) atoms. The number of aromatic nitrogens is 1. The van der Waals surface area contributed by atoms with E-state index in [1.807, 2.05) is 0 Å². The van der Waals surface area contributed by atoms with Crippen molar-refractivity contribution in [2.24, 2.45) is 0 Å². The number of halogens is 8. The average Bonchev–Trinajstić information content (AvgIpc) is 2.76. The molecule has 0 fully saturated rings. The lowest BCUT2D eigenvalue weighted by Gasteiger charge is -2.15. The minimum Gasteiger partial charge on any atom is -0.348 e. The van der Waals surface area contributed by atoms with Gasteiger partial charge in [0, 0.05) is 27.8 Å². The maximum Gasteiger partial charge on any atom is 0.416 e. The lowest BCUT2D eigenvalue weighted by Crippen LogP contribution is -2.24. The average molecular weight is 599 g/mol. The van der Waals surface area contributed by atoms with Gasteiger partial charge in [-0.05, 0) is 41.5 Å². The number of benzene rings is 2. The highest BCUT2D eigenvalue weighted by Gasteiger charge is 2.36. The van der Waals surface area contributed by atoms with Gasteiger partial charge >= 0.3 is 12.4 Å². The Kier molecular flexibility index (Phi) is 7.57. The number of alkyl halides is 7. The van der Waals surface area contributed by atoms with Crippen LogP contribution in [0, 0.1) is 0 Å². The SMILES string of the molecule is O=C(NCc1cc(C(F)(F)F)cc(C(F)(F)F)c1)c1cnc(CI)cc1-c1ccccc1Cl. The van der Waals surface area contributed by atoms with Gasteiger partial charge < -0.3 is 5.32 Å². The number of nitrogens with zero attached hydrogens (tertiary/aromatic N) is 1. The molecule has 174 valence electrons. The summed E-state index contributed by atoms with van der Waals surface area (Å²) in [5.74, 6) is -0.719. The molecule has 0 aliphatic carbocycles. The van der Waals surface area contributed by atoms with E-state index in [0.717, 1.165) is 0 Å². The van der Waals surface area contributed by atoms with Crippen LogP contribution >= 0.6 is 34.2 Å². The molecule has 0 aliphatic heterocycles. The number of hydrogen-bond donors (Lipinski definition) is 1. The molecular weight excluding hydrogens is 585 g/mol. The highest BCUT2D eigenvalue weighted by molar-refractivity contribution is 14.1. The summed E-state index contributed by atoms with van der Waals surface area (Å²) in [6.45, 7) is -0.554. The first-order valence-electron chi connectivity index (χ1n) is 9.26. The molecule has 2 aromatic carbocycles. The van der Waals surface area contributed by atoms with E-state index in [4.69, 9.17) is 11.6 Å². The first-order chi connectivity index (χ1) is 15.4. The number of carbonyl (C=O) groups is 1. The van der Waals surface area contributed by atoms with Gasteiger partial charge in [0.05, 0.1) is 22.4 Å². The molecule has 0 aliphatic rings. The van der Waals surface area contributed by atoms with Gasteiger partial charge in [-0.25, -0.2) is 0 Å². The van der Waals surface area contributed by atoms with Crippen molar-refractivity contribution < 1.29 is 31.1 Å². The quantitative estimate of drug-likeness (QED) is 0.190. The van der Waals surface area contributed by atoms with E-state index in [1.54, 1.807) is 30.3 Å². The van der Waals surface area contributed by atoms with Gasteiger partial charge in [-0.15, -0.1) is 0 Å². The fourth-order valence-corrected chi connectivity index (χ4v) is 3.71. The Morgan fingerprint density at radius 2 is 1.55 bits per heavy atom. The summed E-state index contributed by atoms with van der Waals surface area (Å²) in [7, 11) is 0. The summed E-state index contributed by atoms with van der Waals surface area (Å²) in [5.41, 5.74) is -1.52. The largest absolute Gasteiger partial charge is 0.416 e. The number of nitrogens with one attached hydrogen (secondary N) is 1. The molecular formula is C22H14ClF6IN2O. The van der Waals surface area contributed by atoms with E-state index in [-0.39, 0.29) is 17.2 Å². The van der Waals surface area contributed by atoms with Crippen molar-refractivity contribution >= 4 is 40.1 Å². The summed E-state index contributed by atoms with van der Waals surface area (Å²) in [4.78, 5) is 17.0. The molecule has 0 saturated carbocycles. The van der Waals surface area contributed by atoms with Gasteiger partial charge in [0.15, 0.2) is 0 Å². The maximum absolute atomic E-state index is 13.1. The first-order valence-corrected chi connectivity index (χ1v) is 11.2. The molecule has 1 heterocycles. The Labute approximate surface area is 203 Å². The second kappa shape index (κ2) is 9.88. The van der Waals surface area contributed by atoms with E-state index in [9.17, 15) is 31.1 Å². The Bertz CT molecular complexity index is 1150. The van der Waals surface area contributed by atoms with E-state index in [2.05, 4.69) is 32.9 Å². The molecule has 1 N–H and O–H groups in total. The molecule has 3 nitrogen and oxygen atoms in total. The van der Waals surface area contributed by atoms with Crippen molar-refractivity contribution in [1.82, 2.24) is 10.3 Å². The molecule has 1 aromatic heterocycles. The number of pyridine rings is 1. The smallest absolute Gasteiger partial charge is 0.348 e. The second-order valence-corrected chi connectivity index (χ2v) is 8.10. The molecule has 11 heteroatoms. The lowest BCUT2D eigenvalue weighted by molar-refractivity contribution is -0.143. The van der Waals surface area contributed by atoms with Gasteiger partial charge in [-0.3, -0.25) is 9.78 Å². The van der Waals surface area contributed by atoms with Crippen molar-refractivity contribution in [3.05, 3.63) is 87.7 Å². The molecule has 0 spiro atoms. The Balaban J connectivity index is 1.94. The van der Waals surface area contributed by atoms with Crippen LogP contribution < -0.4 is 5.32 Å². The van der Waals surface area contributed by atoms with Crippen molar-refractivity contribution in [3.63, 3.8) is 0 Å². The van der Waals surface area contributed by atoms with Gasteiger partial charge in [-0.2, -0.15) is 26.3 Å². The van der Waals surface area contributed by atoms with Crippen molar-refractivity contribution in [2.75, 3.05) is 0 Å². The predicted molar refractivity (Wildman–Crippen MR) is 120 cm³/mol. The van der Waals surface area contributed by atoms with Gasteiger partial charge in [0.2, 0.25) is 0 Å². The standard InChI is InChI=1S/C22H14ClF6IN2O/c23-19-4-2-1-3-16(19)17-8-15(9-30)31-11-18(17)20(33)32-10-12-5-13(21(24,25)26)7-14(6-12)22(27,28)29/h1-8,11H,9-10H2,(H,32,33). The van der Waals surface area contributed by atoms with Crippen LogP contribution in [0.1, 0.15) is 32.7 Å². The molecule has 3 aromatic rings. The topological polar surface area (TPSA) is 42.0 Å². The van der Waals surface area contributed by atoms with Gasteiger partial charge in [0.25, 0.3) is 5.91 Å². The van der Waals surface area contributed by atoms with Crippen LogP contribution in [-0.2, 0) is 23.3 Å². The van der Waals surface area contributed by atoms with E-state index in [0.29, 0.717) is 38.4 Å². The molecule has 0 saturated heterocycles. The molecule has 1 amide bonds. The number of hydrogen-bond acceptors (Lipinski definition) is 2. The molecule has 0 bridgehead atoms. The fraction of sp³-hybridized carbons (Fsp3) is 0.182. The van der Waals surface area contributed by atoms with Crippen molar-refractivity contribution in [1.29, 1.82) is 0 Å². The summed E-state index contributed by atoms with van der Waals surface area (Å²) in [6, 6.07) is 9.58. The third-order valence-electron chi connectivity index (χ3n) is 4.61. The van der Waals surface area contributed by atoms with Crippen LogP contribution in [0.25, 0.3) is 11.1 Å². The van der Waals surface area contributed by atoms with Crippen LogP contribution in [0.2, 0.25) is 5.02 Å². The van der Waals surface area contributed by atoms with Gasteiger partial charge in [0.1, 0.15) is 0 Å². The van der Waals surface area contributed by atoms with E-state index in [1.165, 1.54) is 6.20 Å². The maximum atomic E-state index is 13.1. The number of carbonyl (C=O) groups excluding carboxylic acids is 1. The van der Waals surface area contributed by atoms with Crippen LogP contribution in [0.3, 0.4) is 0 Å². The Morgan fingerprint density at radius 3 is 2.09 bits per heavy atom. The van der Waals surface area contributed by atoms with Gasteiger partial charge in [-0.1, -0.05) is 52.4 Å².